The summed E-state index contributed by atoms with van der Waals surface area (Å²) in [6.45, 7) is 1.88. The Hall–Kier alpha value is -2.50. The van der Waals surface area contributed by atoms with Crippen LogP contribution in [0.3, 0.4) is 0 Å². The molecule has 29 heavy (non-hydrogen) atoms. The first-order valence-corrected chi connectivity index (χ1v) is 9.84. The summed E-state index contributed by atoms with van der Waals surface area (Å²) in [5.41, 5.74) is 6.25. The zero-order valence-corrected chi connectivity index (χ0v) is 17.7. The van der Waals surface area contributed by atoms with E-state index in [-0.39, 0.29) is 5.82 Å². The lowest BCUT2D eigenvalue weighted by Crippen LogP contribution is -2.02. The standard InChI is InChI=1S/C22H19Cl2FN2O2/c1-11-8-13(25)5-7-14(11)22-15-6-4-12(9-16(15)26-27-22)19-20(23)17(28-2)10-18(29-3)21(19)24/h5,7-10H,4,6H2,1-3H3,(H,26,27). The lowest BCUT2D eigenvalue weighted by molar-refractivity contribution is 0.394. The van der Waals surface area contributed by atoms with Crippen molar-refractivity contribution in [3.8, 4) is 22.8 Å². The predicted octanol–water partition coefficient (Wildman–Crippen LogP) is 6.34. The fourth-order valence-corrected chi connectivity index (χ4v) is 4.48. The van der Waals surface area contributed by atoms with Gasteiger partial charge in [-0.05, 0) is 55.2 Å². The van der Waals surface area contributed by atoms with Gasteiger partial charge in [-0.25, -0.2) is 4.39 Å². The third-order valence-electron chi connectivity index (χ3n) is 5.20. The largest absolute Gasteiger partial charge is 0.495 e. The number of ether oxygens (including phenoxy) is 2. The SMILES string of the molecule is COc1cc(OC)c(Cl)c(C2=Cc3[nH]nc(-c4ccc(F)cc4C)c3CC2)c1Cl. The number of hydrogen-bond acceptors (Lipinski definition) is 3. The monoisotopic (exact) mass is 432 g/mol. The van der Waals surface area contributed by atoms with Gasteiger partial charge in [-0.3, -0.25) is 5.10 Å². The Bertz CT molecular complexity index is 1110. The number of hydrogen-bond donors (Lipinski definition) is 1. The van der Waals surface area contributed by atoms with E-state index in [4.69, 9.17) is 32.7 Å². The molecule has 0 bridgehead atoms. The molecule has 4 rings (SSSR count). The molecule has 3 aromatic rings. The topological polar surface area (TPSA) is 47.1 Å². The molecule has 0 spiro atoms. The van der Waals surface area contributed by atoms with Crippen molar-refractivity contribution in [3.05, 3.63) is 62.5 Å². The van der Waals surface area contributed by atoms with Crippen LogP contribution in [-0.2, 0) is 6.42 Å². The molecule has 4 nitrogen and oxygen atoms in total. The number of allylic oxidation sites excluding steroid dienone is 1. The Morgan fingerprint density at radius 1 is 1.03 bits per heavy atom. The first kappa shape index (κ1) is 19.8. The van der Waals surface area contributed by atoms with Crippen LogP contribution in [0.1, 0.15) is 28.8 Å². The van der Waals surface area contributed by atoms with Gasteiger partial charge >= 0.3 is 0 Å². The van der Waals surface area contributed by atoms with Crippen LogP contribution in [0.5, 0.6) is 11.5 Å². The zero-order valence-electron chi connectivity index (χ0n) is 16.2. The summed E-state index contributed by atoms with van der Waals surface area (Å²) >= 11 is 13.1. The molecule has 2 aromatic carbocycles. The molecule has 0 fully saturated rings. The van der Waals surface area contributed by atoms with Crippen LogP contribution < -0.4 is 9.47 Å². The minimum Gasteiger partial charge on any atom is -0.495 e. The minimum atomic E-state index is -0.255. The predicted molar refractivity (Wildman–Crippen MR) is 114 cm³/mol. The second kappa shape index (κ2) is 7.73. The van der Waals surface area contributed by atoms with Crippen molar-refractivity contribution in [1.29, 1.82) is 0 Å². The molecular weight excluding hydrogens is 414 g/mol. The first-order valence-electron chi connectivity index (χ1n) is 9.09. The van der Waals surface area contributed by atoms with Crippen molar-refractivity contribution in [1.82, 2.24) is 10.2 Å². The average molecular weight is 433 g/mol. The number of aromatic nitrogens is 2. The molecule has 0 aliphatic heterocycles. The molecule has 0 saturated heterocycles. The first-order chi connectivity index (χ1) is 13.9. The Morgan fingerprint density at radius 3 is 2.34 bits per heavy atom. The second-order valence-corrected chi connectivity index (χ2v) is 7.63. The third-order valence-corrected chi connectivity index (χ3v) is 5.95. The highest BCUT2D eigenvalue weighted by atomic mass is 35.5. The molecule has 0 amide bonds. The van der Waals surface area contributed by atoms with Crippen molar-refractivity contribution in [3.63, 3.8) is 0 Å². The summed E-state index contributed by atoms with van der Waals surface area (Å²) < 4.78 is 24.2. The normalized spacial score (nSPS) is 13.1. The van der Waals surface area contributed by atoms with Crippen molar-refractivity contribution in [2.75, 3.05) is 14.2 Å². The maximum atomic E-state index is 13.5. The van der Waals surface area contributed by atoms with Crippen LogP contribution in [0.4, 0.5) is 4.39 Å². The van der Waals surface area contributed by atoms with Crippen LogP contribution >= 0.6 is 23.2 Å². The van der Waals surface area contributed by atoms with Gasteiger partial charge in [0.15, 0.2) is 0 Å². The Labute approximate surface area is 178 Å². The number of H-pyrrole nitrogens is 1. The number of rotatable bonds is 4. The number of aryl methyl sites for hydroxylation is 1. The van der Waals surface area contributed by atoms with Crippen LogP contribution in [0.25, 0.3) is 22.9 Å². The van der Waals surface area contributed by atoms with E-state index in [0.29, 0.717) is 27.1 Å². The van der Waals surface area contributed by atoms with Crippen molar-refractivity contribution >= 4 is 34.9 Å². The number of halogens is 3. The van der Waals surface area contributed by atoms with E-state index in [0.717, 1.165) is 46.5 Å². The Morgan fingerprint density at radius 2 is 1.72 bits per heavy atom. The van der Waals surface area contributed by atoms with E-state index in [1.54, 1.807) is 26.4 Å². The highest BCUT2D eigenvalue weighted by Crippen LogP contribution is 2.46. The summed E-state index contributed by atoms with van der Waals surface area (Å²) in [4.78, 5) is 0. The fraction of sp³-hybridized carbons (Fsp3) is 0.227. The summed E-state index contributed by atoms with van der Waals surface area (Å²) in [7, 11) is 3.11. The third kappa shape index (κ3) is 3.38. The molecule has 150 valence electrons. The maximum Gasteiger partial charge on any atom is 0.141 e. The highest BCUT2D eigenvalue weighted by Gasteiger charge is 2.25. The molecule has 0 atom stereocenters. The van der Waals surface area contributed by atoms with Gasteiger partial charge in [0.05, 0.1) is 35.7 Å². The van der Waals surface area contributed by atoms with Crippen LogP contribution in [0.2, 0.25) is 10.0 Å². The van der Waals surface area contributed by atoms with E-state index in [2.05, 4.69) is 10.2 Å². The fourth-order valence-electron chi connectivity index (χ4n) is 3.74. The zero-order chi connectivity index (χ0) is 20.7. The van der Waals surface area contributed by atoms with Gasteiger partial charge in [0.2, 0.25) is 0 Å². The van der Waals surface area contributed by atoms with Gasteiger partial charge in [0, 0.05) is 22.8 Å². The van der Waals surface area contributed by atoms with Gasteiger partial charge < -0.3 is 9.47 Å². The number of nitrogens with zero attached hydrogens (tertiary/aromatic N) is 1. The van der Waals surface area contributed by atoms with Gasteiger partial charge in [0.1, 0.15) is 17.3 Å². The van der Waals surface area contributed by atoms with Crippen LogP contribution in [0, 0.1) is 12.7 Å². The average Bonchev–Trinajstić information content (AvgIpc) is 3.11. The van der Waals surface area contributed by atoms with E-state index in [9.17, 15) is 4.39 Å². The summed E-state index contributed by atoms with van der Waals surface area (Å²) in [6, 6.07) is 6.41. The molecule has 7 heteroatoms. The summed E-state index contributed by atoms with van der Waals surface area (Å²) in [5.74, 6) is 0.748. The quantitative estimate of drug-likeness (QED) is 0.523. The van der Waals surface area contributed by atoms with Crippen LogP contribution in [0.15, 0.2) is 24.3 Å². The smallest absolute Gasteiger partial charge is 0.141 e. The molecule has 1 aliphatic carbocycles. The van der Waals surface area contributed by atoms with Crippen molar-refractivity contribution < 1.29 is 13.9 Å². The molecular formula is C22H19Cl2FN2O2. The second-order valence-electron chi connectivity index (χ2n) is 6.88. The molecule has 0 saturated carbocycles. The summed E-state index contributed by atoms with van der Waals surface area (Å²) in [6.07, 6.45) is 3.46. The molecule has 0 unspecified atom stereocenters. The lowest BCUT2D eigenvalue weighted by Gasteiger charge is -2.20. The number of nitrogens with one attached hydrogen (secondary N) is 1. The summed E-state index contributed by atoms with van der Waals surface area (Å²) in [5, 5.41) is 8.48. The van der Waals surface area contributed by atoms with E-state index in [1.165, 1.54) is 12.1 Å². The van der Waals surface area contributed by atoms with Gasteiger partial charge in [-0.2, -0.15) is 5.10 Å². The minimum absolute atomic E-state index is 0.255. The van der Waals surface area contributed by atoms with Crippen molar-refractivity contribution in [2.45, 2.75) is 19.8 Å². The Kier molecular flexibility index (Phi) is 5.28. The van der Waals surface area contributed by atoms with E-state index < -0.39 is 0 Å². The van der Waals surface area contributed by atoms with Crippen molar-refractivity contribution in [2.24, 2.45) is 0 Å². The highest BCUT2D eigenvalue weighted by molar-refractivity contribution is 6.39. The lowest BCUT2D eigenvalue weighted by atomic mass is 9.89. The Balaban J connectivity index is 1.82. The van der Waals surface area contributed by atoms with E-state index in [1.807, 2.05) is 13.0 Å². The molecule has 1 aromatic heterocycles. The number of aromatic amines is 1. The van der Waals surface area contributed by atoms with Crippen LogP contribution in [-0.4, -0.2) is 24.4 Å². The molecule has 0 radical (unpaired) electrons. The maximum absolute atomic E-state index is 13.5. The van der Waals surface area contributed by atoms with Gasteiger partial charge in [-0.15, -0.1) is 0 Å². The number of methoxy groups -OCH3 is 2. The molecule has 1 N–H and O–H groups in total. The molecule has 1 heterocycles. The van der Waals surface area contributed by atoms with E-state index >= 15 is 0 Å². The van der Waals surface area contributed by atoms with Gasteiger partial charge in [0.25, 0.3) is 0 Å². The number of benzene rings is 2. The van der Waals surface area contributed by atoms with Gasteiger partial charge in [-0.1, -0.05) is 23.2 Å². The molecule has 1 aliphatic rings. The number of fused-ring (bicyclic) bond motifs is 1.